The molecule has 0 aliphatic heterocycles. The van der Waals surface area contributed by atoms with Crippen LogP contribution in [0.3, 0.4) is 0 Å². The third kappa shape index (κ3) is 4.94. The summed E-state index contributed by atoms with van der Waals surface area (Å²) in [5.41, 5.74) is 2.47. The molecule has 1 N–H and O–H groups in total. The van der Waals surface area contributed by atoms with Crippen molar-refractivity contribution in [1.82, 2.24) is 4.57 Å². The topological polar surface area (TPSA) is 86.6 Å². The van der Waals surface area contributed by atoms with Crippen LogP contribution in [-0.2, 0) is 20.9 Å². The largest absolute Gasteiger partial charge is 0.478 e. The van der Waals surface area contributed by atoms with Gasteiger partial charge in [0.25, 0.3) is 5.56 Å². The average molecular weight is 422 g/mol. The molecular formula is C24H26N2O5. The molecule has 0 fully saturated rings. The fraction of sp³-hybridized carbons (Fsp3) is 0.292. The molecule has 0 aliphatic carbocycles. The number of nitrogens with zero attached hydrogens (tertiary/aromatic N) is 1. The molecule has 0 saturated heterocycles. The average Bonchev–Trinajstić information content (AvgIpc) is 2.74. The van der Waals surface area contributed by atoms with Gasteiger partial charge in [-0.25, -0.2) is 4.79 Å². The van der Waals surface area contributed by atoms with E-state index in [0.717, 1.165) is 16.8 Å². The van der Waals surface area contributed by atoms with E-state index in [2.05, 4.69) is 5.32 Å². The molecule has 31 heavy (non-hydrogen) atoms. The Hall–Kier alpha value is -3.61. The van der Waals surface area contributed by atoms with Crippen LogP contribution >= 0.6 is 0 Å². The van der Waals surface area contributed by atoms with Crippen molar-refractivity contribution < 1.29 is 19.1 Å². The smallest absolute Gasteiger partial charge is 0.347 e. The third-order valence-corrected chi connectivity index (χ3v) is 5.09. The first kappa shape index (κ1) is 22.1. The predicted octanol–water partition coefficient (Wildman–Crippen LogP) is 3.59. The van der Waals surface area contributed by atoms with Crippen molar-refractivity contribution in [2.45, 2.75) is 40.3 Å². The Balaban J connectivity index is 1.83. The van der Waals surface area contributed by atoms with Crippen LogP contribution in [0, 0.1) is 13.8 Å². The zero-order valence-corrected chi connectivity index (χ0v) is 18.1. The van der Waals surface area contributed by atoms with E-state index in [9.17, 15) is 14.4 Å². The molecule has 1 unspecified atom stereocenters. The van der Waals surface area contributed by atoms with Crippen LogP contribution in [0.4, 0.5) is 5.69 Å². The van der Waals surface area contributed by atoms with E-state index in [0.29, 0.717) is 16.5 Å². The predicted molar refractivity (Wildman–Crippen MR) is 119 cm³/mol. The molecule has 7 nitrogen and oxygen atoms in total. The van der Waals surface area contributed by atoms with Crippen molar-refractivity contribution in [3.8, 4) is 5.75 Å². The second-order valence-electron chi connectivity index (χ2n) is 7.27. The molecule has 0 spiro atoms. The van der Waals surface area contributed by atoms with E-state index < -0.39 is 12.1 Å². The van der Waals surface area contributed by atoms with Gasteiger partial charge in [-0.15, -0.1) is 0 Å². The minimum atomic E-state index is -0.809. The summed E-state index contributed by atoms with van der Waals surface area (Å²) in [4.78, 5) is 37.3. The van der Waals surface area contributed by atoms with E-state index in [1.807, 2.05) is 32.0 Å². The number of pyridine rings is 1. The van der Waals surface area contributed by atoms with Gasteiger partial charge in [0.1, 0.15) is 12.3 Å². The number of esters is 1. The standard InChI is InChI=1S/C24H26N2O5/c1-5-30-24(29)17(4)31-21-11-7-9-19-18(21)12-13-26(23(19)28)14-22(27)25-20-10-6-8-15(2)16(20)3/h6-13,17H,5,14H2,1-4H3,(H,25,27). The Morgan fingerprint density at radius 3 is 2.55 bits per heavy atom. The Morgan fingerprint density at radius 1 is 1.06 bits per heavy atom. The fourth-order valence-corrected chi connectivity index (χ4v) is 3.25. The van der Waals surface area contributed by atoms with E-state index in [4.69, 9.17) is 9.47 Å². The number of ether oxygens (including phenoxy) is 2. The molecule has 1 aromatic heterocycles. The molecule has 1 atom stereocenters. The summed E-state index contributed by atoms with van der Waals surface area (Å²) in [6.45, 7) is 7.37. The van der Waals surface area contributed by atoms with Gasteiger partial charge >= 0.3 is 5.97 Å². The summed E-state index contributed by atoms with van der Waals surface area (Å²) in [6.07, 6.45) is 0.742. The Labute approximate surface area is 180 Å². The lowest BCUT2D eigenvalue weighted by Gasteiger charge is -2.16. The lowest BCUT2D eigenvalue weighted by molar-refractivity contribution is -0.150. The normalized spacial score (nSPS) is 11.7. The first-order valence-corrected chi connectivity index (χ1v) is 10.1. The van der Waals surface area contributed by atoms with E-state index in [1.54, 1.807) is 44.3 Å². The minimum absolute atomic E-state index is 0.119. The van der Waals surface area contributed by atoms with E-state index in [1.165, 1.54) is 4.57 Å². The number of rotatable bonds is 7. The van der Waals surface area contributed by atoms with Gasteiger partial charge in [0.2, 0.25) is 5.91 Å². The number of amides is 1. The number of carbonyl (C=O) groups is 2. The van der Waals surface area contributed by atoms with E-state index in [-0.39, 0.29) is 24.6 Å². The molecule has 0 aliphatic rings. The molecule has 0 radical (unpaired) electrons. The molecular weight excluding hydrogens is 396 g/mol. The van der Waals surface area contributed by atoms with Crippen molar-refractivity contribution in [2.24, 2.45) is 0 Å². The molecule has 0 bridgehead atoms. The first-order chi connectivity index (χ1) is 14.8. The van der Waals surface area contributed by atoms with Gasteiger partial charge in [0.05, 0.1) is 12.0 Å². The number of benzene rings is 2. The zero-order valence-electron chi connectivity index (χ0n) is 18.1. The molecule has 162 valence electrons. The zero-order chi connectivity index (χ0) is 22.5. The Bertz CT molecular complexity index is 1180. The van der Waals surface area contributed by atoms with Crippen molar-refractivity contribution in [2.75, 3.05) is 11.9 Å². The van der Waals surface area contributed by atoms with Gasteiger partial charge in [-0.3, -0.25) is 9.59 Å². The summed E-state index contributed by atoms with van der Waals surface area (Å²) in [7, 11) is 0. The second kappa shape index (κ2) is 9.47. The summed E-state index contributed by atoms with van der Waals surface area (Å²) < 4.78 is 12.0. The number of hydrogen-bond acceptors (Lipinski definition) is 5. The quantitative estimate of drug-likeness (QED) is 0.588. The lowest BCUT2D eigenvalue weighted by atomic mass is 10.1. The summed E-state index contributed by atoms with van der Waals surface area (Å²) in [6, 6.07) is 12.4. The second-order valence-corrected chi connectivity index (χ2v) is 7.27. The number of hydrogen-bond donors (Lipinski definition) is 1. The highest BCUT2D eigenvalue weighted by molar-refractivity contribution is 5.92. The minimum Gasteiger partial charge on any atom is -0.478 e. The number of aromatic nitrogens is 1. The van der Waals surface area contributed by atoms with Crippen LogP contribution in [0.1, 0.15) is 25.0 Å². The highest BCUT2D eigenvalue weighted by atomic mass is 16.6. The summed E-state index contributed by atoms with van der Waals surface area (Å²) in [5, 5.41) is 3.83. The van der Waals surface area contributed by atoms with Crippen LogP contribution < -0.4 is 15.6 Å². The highest BCUT2D eigenvalue weighted by Gasteiger charge is 2.18. The monoisotopic (exact) mass is 422 g/mol. The van der Waals surface area contributed by atoms with Crippen LogP contribution in [-0.4, -0.2) is 29.2 Å². The van der Waals surface area contributed by atoms with Gasteiger partial charge in [-0.1, -0.05) is 18.2 Å². The van der Waals surface area contributed by atoms with Gasteiger partial charge in [-0.05, 0) is 63.1 Å². The fourth-order valence-electron chi connectivity index (χ4n) is 3.25. The van der Waals surface area contributed by atoms with Crippen molar-refractivity contribution >= 4 is 28.3 Å². The van der Waals surface area contributed by atoms with Gasteiger partial charge < -0.3 is 19.4 Å². The van der Waals surface area contributed by atoms with Crippen LogP contribution in [0.25, 0.3) is 10.8 Å². The molecule has 1 heterocycles. The maximum atomic E-state index is 12.9. The number of nitrogens with one attached hydrogen (secondary N) is 1. The third-order valence-electron chi connectivity index (χ3n) is 5.09. The molecule has 1 amide bonds. The van der Waals surface area contributed by atoms with E-state index >= 15 is 0 Å². The Kier molecular flexibility index (Phi) is 6.74. The maximum absolute atomic E-state index is 12.9. The van der Waals surface area contributed by atoms with Gasteiger partial charge in [-0.2, -0.15) is 0 Å². The summed E-state index contributed by atoms with van der Waals surface area (Å²) in [5.74, 6) is -0.364. The number of aryl methyl sites for hydroxylation is 1. The SMILES string of the molecule is CCOC(=O)C(C)Oc1cccc2c(=O)n(CC(=O)Nc3cccc(C)c3C)ccc12. The number of carbonyl (C=O) groups excluding carboxylic acids is 2. The summed E-state index contributed by atoms with van der Waals surface area (Å²) >= 11 is 0. The molecule has 3 aromatic rings. The van der Waals surface area contributed by atoms with Crippen molar-refractivity contribution in [3.05, 3.63) is 70.1 Å². The Morgan fingerprint density at radius 2 is 1.81 bits per heavy atom. The molecule has 0 saturated carbocycles. The van der Waals surface area contributed by atoms with Crippen LogP contribution in [0.5, 0.6) is 5.75 Å². The lowest BCUT2D eigenvalue weighted by Crippen LogP contribution is -2.28. The molecule has 2 aromatic carbocycles. The number of fused-ring (bicyclic) bond motifs is 1. The van der Waals surface area contributed by atoms with Crippen molar-refractivity contribution in [3.63, 3.8) is 0 Å². The number of anilines is 1. The van der Waals surface area contributed by atoms with Crippen molar-refractivity contribution in [1.29, 1.82) is 0 Å². The van der Waals surface area contributed by atoms with Gasteiger partial charge in [0.15, 0.2) is 6.10 Å². The molecule has 7 heteroatoms. The highest BCUT2D eigenvalue weighted by Crippen LogP contribution is 2.24. The first-order valence-electron chi connectivity index (χ1n) is 10.1. The maximum Gasteiger partial charge on any atom is 0.347 e. The molecule has 3 rings (SSSR count). The van der Waals surface area contributed by atoms with Gasteiger partial charge in [0, 0.05) is 17.3 Å². The van der Waals surface area contributed by atoms with Crippen LogP contribution in [0.15, 0.2) is 53.5 Å². The van der Waals surface area contributed by atoms with Crippen LogP contribution in [0.2, 0.25) is 0 Å².